The number of alkyl halides is 1. The van der Waals surface area contributed by atoms with Gasteiger partial charge >= 0.3 is 5.97 Å². The first kappa shape index (κ1) is 21.5. The van der Waals surface area contributed by atoms with Crippen molar-refractivity contribution in [2.75, 3.05) is 33.5 Å². The number of rotatable bonds is 8. The first-order valence-corrected chi connectivity index (χ1v) is 10.8. The minimum Gasteiger partial charge on any atom is -0.462 e. The summed E-state index contributed by atoms with van der Waals surface area (Å²) in [6, 6.07) is 8.32. The summed E-state index contributed by atoms with van der Waals surface area (Å²) in [6.45, 7) is 3.63. The van der Waals surface area contributed by atoms with Crippen molar-refractivity contribution in [3.63, 3.8) is 0 Å². The van der Waals surface area contributed by atoms with E-state index in [1.165, 1.54) is 0 Å². The molecule has 3 heterocycles. The summed E-state index contributed by atoms with van der Waals surface area (Å²) in [7, 11) is 2.11. The molecule has 0 amide bonds. The molecule has 1 fully saturated rings. The minimum absolute atomic E-state index is 0.201. The number of morpholine rings is 1. The van der Waals surface area contributed by atoms with E-state index in [-0.39, 0.29) is 18.6 Å². The van der Waals surface area contributed by atoms with Crippen molar-refractivity contribution in [3.8, 4) is 5.69 Å². The van der Waals surface area contributed by atoms with E-state index in [9.17, 15) is 9.18 Å². The lowest BCUT2D eigenvalue weighted by atomic mass is 10.1. The van der Waals surface area contributed by atoms with Gasteiger partial charge in [-0.3, -0.25) is 9.58 Å². The highest BCUT2D eigenvalue weighted by atomic mass is 19.1. The number of aromatic nitrogens is 3. The standard InChI is InChI=1S/C23H29FN4O3/c1-3-17-15-30-16-18(26(17)2)8-11-31-23(29)21-14-28(22-7-5-4-6-20(21)22)19-12-25-27(13-19)10-9-24/h4-7,12-14,17-18H,3,8-11,15-16H2,1-2H3/t17-,18-/m0/s1. The van der Waals surface area contributed by atoms with Crippen molar-refractivity contribution in [2.45, 2.75) is 38.4 Å². The molecule has 1 aliphatic heterocycles. The largest absolute Gasteiger partial charge is 0.462 e. The van der Waals surface area contributed by atoms with Crippen molar-refractivity contribution in [1.82, 2.24) is 19.2 Å². The highest BCUT2D eigenvalue weighted by Crippen LogP contribution is 2.26. The Hall–Kier alpha value is -2.71. The summed E-state index contributed by atoms with van der Waals surface area (Å²) < 4.78 is 27.4. The molecule has 0 radical (unpaired) electrons. The molecule has 7 nitrogen and oxygen atoms in total. The molecule has 4 rings (SSSR count). The van der Waals surface area contributed by atoms with Gasteiger partial charge in [-0.25, -0.2) is 9.18 Å². The Labute approximate surface area is 181 Å². The molecule has 0 aliphatic carbocycles. The highest BCUT2D eigenvalue weighted by Gasteiger charge is 2.27. The second-order valence-corrected chi connectivity index (χ2v) is 7.92. The molecule has 31 heavy (non-hydrogen) atoms. The molecule has 2 atom stereocenters. The van der Waals surface area contributed by atoms with E-state index in [0.717, 1.165) is 36.0 Å². The lowest BCUT2D eigenvalue weighted by Gasteiger charge is -2.39. The van der Waals surface area contributed by atoms with Crippen LogP contribution in [0.25, 0.3) is 16.6 Å². The second kappa shape index (κ2) is 9.62. The van der Waals surface area contributed by atoms with Gasteiger partial charge in [0.15, 0.2) is 0 Å². The maximum atomic E-state index is 12.9. The van der Waals surface area contributed by atoms with Gasteiger partial charge in [-0.05, 0) is 26.0 Å². The van der Waals surface area contributed by atoms with Crippen LogP contribution in [-0.4, -0.2) is 70.8 Å². The maximum absolute atomic E-state index is 12.9. The van der Waals surface area contributed by atoms with Crippen molar-refractivity contribution >= 4 is 16.9 Å². The van der Waals surface area contributed by atoms with E-state index in [1.54, 1.807) is 23.3 Å². The van der Waals surface area contributed by atoms with Gasteiger partial charge in [0.1, 0.15) is 6.67 Å². The lowest BCUT2D eigenvalue weighted by Crippen LogP contribution is -2.50. The maximum Gasteiger partial charge on any atom is 0.340 e. The number of carbonyl (C=O) groups is 1. The predicted octanol–water partition coefficient (Wildman–Crippen LogP) is 3.45. The third kappa shape index (κ3) is 4.50. The van der Waals surface area contributed by atoms with Gasteiger partial charge in [0.05, 0.1) is 49.3 Å². The second-order valence-electron chi connectivity index (χ2n) is 7.92. The highest BCUT2D eigenvalue weighted by molar-refractivity contribution is 6.04. The lowest BCUT2D eigenvalue weighted by molar-refractivity contribution is -0.0448. The quantitative estimate of drug-likeness (QED) is 0.515. The fourth-order valence-electron chi connectivity index (χ4n) is 4.17. The van der Waals surface area contributed by atoms with Crippen LogP contribution in [0, 0.1) is 0 Å². The Kier molecular flexibility index (Phi) is 6.67. The van der Waals surface area contributed by atoms with Crippen LogP contribution < -0.4 is 0 Å². The van der Waals surface area contributed by atoms with Gasteiger partial charge in [0.2, 0.25) is 0 Å². The van der Waals surface area contributed by atoms with Gasteiger partial charge in [-0.2, -0.15) is 5.10 Å². The average Bonchev–Trinajstić information content (AvgIpc) is 3.40. The predicted molar refractivity (Wildman–Crippen MR) is 116 cm³/mol. The Morgan fingerprint density at radius 2 is 2.06 bits per heavy atom. The Morgan fingerprint density at radius 3 is 2.87 bits per heavy atom. The van der Waals surface area contributed by atoms with Crippen LogP contribution >= 0.6 is 0 Å². The number of likely N-dealkylation sites (N-methyl/N-ethyl adjacent to an activating group) is 1. The number of aryl methyl sites for hydroxylation is 1. The van der Waals surface area contributed by atoms with Crippen LogP contribution in [0.5, 0.6) is 0 Å². The van der Waals surface area contributed by atoms with Gasteiger partial charge in [-0.15, -0.1) is 0 Å². The van der Waals surface area contributed by atoms with Crippen LogP contribution in [0.1, 0.15) is 30.1 Å². The smallest absolute Gasteiger partial charge is 0.340 e. The fraction of sp³-hybridized carbons (Fsp3) is 0.478. The molecular formula is C23H29FN4O3. The molecule has 0 unspecified atom stereocenters. The Bertz CT molecular complexity index is 1030. The number of halogens is 1. The number of esters is 1. The molecule has 1 aromatic carbocycles. The van der Waals surface area contributed by atoms with E-state index in [2.05, 4.69) is 24.0 Å². The fourth-order valence-corrected chi connectivity index (χ4v) is 4.17. The molecular weight excluding hydrogens is 399 g/mol. The first-order chi connectivity index (χ1) is 15.1. The molecule has 0 N–H and O–H groups in total. The van der Waals surface area contributed by atoms with Crippen molar-refractivity contribution < 1.29 is 18.7 Å². The van der Waals surface area contributed by atoms with Crippen LogP contribution in [0.2, 0.25) is 0 Å². The number of benzene rings is 1. The first-order valence-electron chi connectivity index (χ1n) is 10.8. The summed E-state index contributed by atoms with van der Waals surface area (Å²) >= 11 is 0. The molecule has 0 spiro atoms. The number of fused-ring (bicyclic) bond motifs is 1. The van der Waals surface area contributed by atoms with Gasteiger partial charge in [0, 0.05) is 29.9 Å². The van der Waals surface area contributed by atoms with Crippen molar-refractivity contribution in [2.24, 2.45) is 0 Å². The molecule has 3 aromatic rings. The molecule has 166 valence electrons. The molecule has 0 bridgehead atoms. The summed E-state index contributed by atoms with van der Waals surface area (Å²) in [5.74, 6) is -0.350. The zero-order valence-electron chi connectivity index (χ0n) is 18.0. The van der Waals surface area contributed by atoms with Crippen LogP contribution in [-0.2, 0) is 16.0 Å². The summed E-state index contributed by atoms with van der Waals surface area (Å²) in [5, 5.41) is 5.00. The Morgan fingerprint density at radius 1 is 1.26 bits per heavy atom. The number of para-hydroxylation sites is 1. The monoisotopic (exact) mass is 428 g/mol. The SMILES string of the molecule is CC[C@H]1COC[C@H](CCOC(=O)c2cn(-c3cnn(CCF)c3)c3ccccc23)N1C. The van der Waals surface area contributed by atoms with Gasteiger partial charge in [-0.1, -0.05) is 25.1 Å². The summed E-state index contributed by atoms with van der Waals surface area (Å²) in [5.41, 5.74) is 2.16. The molecule has 8 heteroatoms. The van der Waals surface area contributed by atoms with Crippen LogP contribution in [0.4, 0.5) is 4.39 Å². The van der Waals surface area contributed by atoms with Crippen LogP contribution in [0.15, 0.2) is 42.9 Å². The molecule has 0 saturated carbocycles. The van der Waals surface area contributed by atoms with Crippen LogP contribution in [0.3, 0.4) is 0 Å². The molecule has 1 aliphatic rings. The zero-order valence-corrected chi connectivity index (χ0v) is 18.0. The zero-order chi connectivity index (χ0) is 21.8. The van der Waals surface area contributed by atoms with Gasteiger partial charge < -0.3 is 14.0 Å². The van der Waals surface area contributed by atoms with E-state index < -0.39 is 6.67 Å². The number of carbonyl (C=O) groups excluding carboxylic acids is 1. The number of hydrogen-bond acceptors (Lipinski definition) is 5. The number of ether oxygens (including phenoxy) is 2. The molecule has 1 saturated heterocycles. The van der Waals surface area contributed by atoms with Crippen molar-refractivity contribution in [3.05, 3.63) is 48.4 Å². The third-order valence-electron chi connectivity index (χ3n) is 6.07. The van der Waals surface area contributed by atoms with E-state index >= 15 is 0 Å². The molecule has 2 aromatic heterocycles. The minimum atomic E-state index is -0.481. The number of hydrogen-bond donors (Lipinski definition) is 0. The number of nitrogens with zero attached hydrogens (tertiary/aromatic N) is 4. The van der Waals surface area contributed by atoms with E-state index in [1.807, 2.05) is 28.8 Å². The van der Waals surface area contributed by atoms with E-state index in [0.29, 0.717) is 24.8 Å². The third-order valence-corrected chi connectivity index (χ3v) is 6.07. The van der Waals surface area contributed by atoms with Crippen molar-refractivity contribution in [1.29, 1.82) is 0 Å². The average molecular weight is 429 g/mol. The normalized spacial score (nSPS) is 19.7. The topological polar surface area (TPSA) is 61.5 Å². The summed E-state index contributed by atoms with van der Waals surface area (Å²) in [6.07, 6.45) is 6.97. The van der Waals surface area contributed by atoms with E-state index in [4.69, 9.17) is 9.47 Å². The summed E-state index contributed by atoms with van der Waals surface area (Å²) in [4.78, 5) is 15.2. The van der Waals surface area contributed by atoms with Gasteiger partial charge in [0.25, 0.3) is 0 Å². The Balaban J connectivity index is 1.48.